The molecule has 0 atom stereocenters. The third-order valence-corrected chi connectivity index (χ3v) is 3.39. The molecule has 1 saturated heterocycles. The second-order valence-electron chi connectivity index (χ2n) is 4.53. The minimum atomic E-state index is 0.609. The van der Waals surface area contributed by atoms with Crippen LogP contribution in [0.15, 0.2) is 12.2 Å². The van der Waals surface area contributed by atoms with E-state index < -0.39 is 0 Å². The summed E-state index contributed by atoms with van der Waals surface area (Å²) >= 11 is 0. The lowest BCUT2D eigenvalue weighted by molar-refractivity contribution is 0.138. The second kappa shape index (κ2) is 6.26. The second-order valence-corrected chi connectivity index (χ2v) is 4.53. The number of nitrogens with zero attached hydrogens (tertiary/aromatic N) is 2. The van der Waals surface area contributed by atoms with Crippen LogP contribution >= 0.6 is 0 Å². The highest BCUT2D eigenvalue weighted by molar-refractivity contribution is 4.99. The molecule has 0 spiro atoms. The summed E-state index contributed by atoms with van der Waals surface area (Å²) in [5, 5.41) is 0. The van der Waals surface area contributed by atoms with Gasteiger partial charge in [0.15, 0.2) is 0 Å². The Labute approximate surface area is 93.9 Å². The van der Waals surface area contributed by atoms with Crippen LogP contribution in [0.5, 0.6) is 0 Å². The first-order valence-corrected chi connectivity index (χ1v) is 5.96. The molecule has 0 aromatic heterocycles. The van der Waals surface area contributed by atoms with E-state index >= 15 is 0 Å². The van der Waals surface area contributed by atoms with Crippen LogP contribution in [0.2, 0.25) is 0 Å². The van der Waals surface area contributed by atoms with Crippen LogP contribution in [-0.4, -0.2) is 55.6 Å². The lowest BCUT2D eigenvalue weighted by Crippen LogP contribution is -2.44. The number of piperidine rings is 1. The van der Waals surface area contributed by atoms with E-state index in [9.17, 15) is 0 Å². The van der Waals surface area contributed by atoms with Crippen LogP contribution in [0.4, 0.5) is 0 Å². The monoisotopic (exact) mass is 211 g/mol. The van der Waals surface area contributed by atoms with E-state index in [1.165, 1.54) is 32.5 Å². The van der Waals surface area contributed by atoms with Crippen molar-refractivity contribution in [2.45, 2.75) is 25.8 Å². The van der Waals surface area contributed by atoms with Gasteiger partial charge in [0, 0.05) is 19.1 Å². The van der Waals surface area contributed by atoms with E-state index in [2.05, 4.69) is 30.4 Å². The Bertz CT molecular complexity index is 195. The molecule has 1 aliphatic rings. The van der Waals surface area contributed by atoms with Gasteiger partial charge in [-0.2, -0.15) is 0 Å². The fourth-order valence-corrected chi connectivity index (χ4v) is 2.22. The summed E-state index contributed by atoms with van der Waals surface area (Å²) in [6, 6.07) is 0.719. The first kappa shape index (κ1) is 12.7. The molecule has 1 rings (SSSR count). The van der Waals surface area contributed by atoms with Gasteiger partial charge in [-0.15, -0.1) is 0 Å². The van der Waals surface area contributed by atoms with Crippen molar-refractivity contribution in [3.8, 4) is 0 Å². The highest BCUT2D eigenvalue weighted by atomic mass is 15.2. The zero-order valence-corrected chi connectivity index (χ0v) is 10.2. The number of hydrogen-bond donors (Lipinski definition) is 1. The van der Waals surface area contributed by atoms with Crippen LogP contribution in [0.3, 0.4) is 0 Å². The number of nitrogens with two attached hydrogens (primary N) is 1. The molecule has 3 heteroatoms. The van der Waals surface area contributed by atoms with E-state index in [1.54, 1.807) is 0 Å². The quantitative estimate of drug-likeness (QED) is 0.686. The summed E-state index contributed by atoms with van der Waals surface area (Å²) in [6.07, 6.45) is 2.56. The average molecular weight is 211 g/mol. The van der Waals surface area contributed by atoms with Crippen molar-refractivity contribution in [2.24, 2.45) is 5.73 Å². The summed E-state index contributed by atoms with van der Waals surface area (Å²) in [7, 11) is 2.19. The van der Waals surface area contributed by atoms with Crippen molar-refractivity contribution in [1.29, 1.82) is 0 Å². The minimum absolute atomic E-state index is 0.609. The standard InChI is InChI=1S/C12H25N3/c1-4-15-7-5-12(6-8-15)14(3)10-11(2)9-13/h12H,2,4-10,13H2,1,3H3. The van der Waals surface area contributed by atoms with Crippen molar-refractivity contribution in [1.82, 2.24) is 9.80 Å². The van der Waals surface area contributed by atoms with Crippen molar-refractivity contribution >= 4 is 0 Å². The molecule has 88 valence electrons. The summed E-state index contributed by atoms with van der Waals surface area (Å²) in [5.74, 6) is 0. The van der Waals surface area contributed by atoms with E-state index in [0.717, 1.165) is 18.2 Å². The fraction of sp³-hybridized carbons (Fsp3) is 0.833. The van der Waals surface area contributed by atoms with Gasteiger partial charge in [-0.05, 0) is 45.1 Å². The summed E-state index contributed by atoms with van der Waals surface area (Å²) in [5.41, 5.74) is 6.69. The highest BCUT2D eigenvalue weighted by Gasteiger charge is 2.21. The summed E-state index contributed by atoms with van der Waals surface area (Å²) in [6.45, 7) is 11.4. The Hall–Kier alpha value is -0.380. The Kier molecular flexibility index (Phi) is 5.29. The molecule has 0 unspecified atom stereocenters. The van der Waals surface area contributed by atoms with Crippen molar-refractivity contribution in [2.75, 3.05) is 39.8 Å². The molecular weight excluding hydrogens is 186 g/mol. The summed E-state index contributed by atoms with van der Waals surface area (Å²) in [4.78, 5) is 4.92. The molecule has 15 heavy (non-hydrogen) atoms. The predicted octanol–water partition coefficient (Wildman–Crippen LogP) is 0.917. The van der Waals surface area contributed by atoms with Crippen molar-refractivity contribution < 1.29 is 0 Å². The normalized spacial score (nSPS) is 19.7. The van der Waals surface area contributed by atoms with Gasteiger partial charge < -0.3 is 10.6 Å². The van der Waals surface area contributed by atoms with Crippen molar-refractivity contribution in [3.63, 3.8) is 0 Å². The average Bonchev–Trinajstić information content (AvgIpc) is 2.29. The van der Waals surface area contributed by atoms with Gasteiger partial charge in [-0.25, -0.2) is 0 Å². The molecule has 0 aromatic rings. The number of likely N-dealkylation sites (N-methyl/N-ethyl adjacent to an activating group) is 1. The van der Waals surface area contributed by atoms with Gasteiger partial charge in [0.2, 0.25) is 0 Å². The third kappa shape index (κ3) is 3.93. The zero-order chi connectivity index (χ0) is 11.3. The lowest BCUT2D eigenvalue weighted by atomic mass is 10.0. The summed E-state index contributed by atoms with van der Waals surface area (Å²) < 4.78 is 0. The van der Waals surface area contributed by atoms with Crippen LogP contribution in [-0.2, 0) is 0 Å². The van der Waals surface area contributed by atoms with E-state index in [-0.39, 0.29) is 0 Å². The molecule has 1 fully saturated rings. The van der Waals surface area contributed by atoms with Crippen molar-refractivity contribution in [3.05, 3.63) is 12.2 Å². The van der Waals surface area contributed by atoms with E-state index in [0.29, 0.717) is 6.54 Å². The number of hydrogen-bond acceptors (Lipinski definition) is 3. The van der Waals surface area contributed by atoms with Crippen LogP contribution in [0.25, 0.3) is 0 Å². The topological polar surface area (TPSA) is 32.5 Å². The molecule has 0 bridgehead atoms. The predicted molar refractivity (Wildman–Crippen MR) is 66.0 cm³/mol. The fourth-order valence-electron chi connectivity index (χ4n) is 2.22. The van der Waals surface area contributed by atoms with Crippen LogP contribution in [0.1, 0.15) is 19.8 Å². The molecule has 0 amide bonds. The van der Waals surface area contributed by atoms with Crippen LogP contribution in [0, 0.1) is 0 Å². The van der Waals surface area contributed by atoms with Gasteiger partial charge in [0.25, 0.3) is 0 Å². The maximum absolute atomic E-state index is 5.56. The molecule has 0 aliphatic carbocycles. The molecular formula is C12H25N3. The van der Waals surface area contributed by atoms with Gasteiger partial charge in [0.1, 0.15) is 0 Å². The first-order chi connectivity index (χ1) is 7.17. The maximum atomic E-state index is 5.56. The smallest absolute Gasteiger partial charge is 0.0202 e. The molecule has 0 aromatic carbocycles. The molecule has 3 nitrogen and oxygen atoms in total. The van der Waals surface area contributed by atoms with Gasteiger partial charge in [-0.3, -0.25) is 4.90 Å². The Morgan fingerprint density at radius 3 is 2.53 bits per heavy atom. The Morgan fingerprint density at radius 2 is 2.07 bits per heavy atom. The van der Waals surface area contributed by atoms with Gasteiger partial charge >= 0.3 is 0 Å². The van der Waals surface area contributed by atoms with E-state index in [1.807, 2.05) is 0 Å². The molecule has 2 N–H and O–H groups in total. The molecule has 0 radical (unpaired) electrons. The lowest BCUT2D eigenvalue weighted by Gasteiger charge is -2.36. The Balaban J connectivity index is 2.29. The number of likely N-dealkylation sites (tertiary alicyclic amines) is 1. The zero-order valence-electron chi connectivity index (χ0n) is 10.2. The maximum Gasteiger partial charge on any atom is 0.0202 e. The van der Waals surface area contributed by atoms with Gasteiger partial charge in [-0.1, -0.05) is 13.5 Å². The van der Waals surface area contributed by atoms with Gasteiger partial charge in [0.05, 0.1) is 0 Å². The largest absolute Gasteiger partial charge is 0.327 e. The van der Waals surface area contributed by atoms with E-state index in [4.69, 9.17) is 5.73 Å². The van der Waals surface area contributed by atoms with Crippen LogP contribution < -0.4 is 5.73 Å². The molecule has 1 heterocycles. The molecule has 0 saturated carbocycles. The Morgan fingerprint density at radius 1 is 1.47 bits per heavy atom. The minimum Gasteiger partial charge on any atom is -0.327 e. The SMILES string of the molecule is C=C(CN)CN(C)C1CCN(CC)CC1. The third-order valence-electron chi connectivity index (χ3n) is 3.39. The number of rotatable bonds is 5. The highest BCUT2D eigenvalue weighted by Crippen LogP contribution is 2.15. The first-order valence-electron chi connectivity index (χ1n) is 5.96. The molecule has 1 aliphatic heterocycles.